The molecule has 5 heteroatoms. The summed E-state index contributed by atoms with van der Waals surface area (Å²) in [6.07, 6.45) is 9.50. The topological polar surface area (TPSA) is 56.7 Å². The molecule has 24 heavy (non-hydrogen) atoms. The fraction of sp³-hybridized carbons (Fsp3) is 0.895. The van der Waals surface area contributed by atoms with Gasteiger partial charge in [-0.3, -0.25) is 9.79 Å². The standard InChI is InChI=1S/C19H36N4O/c1-4-19(10-5-6-11-19)15-22-18(20-3)21-12-9-17(24)23-13-7-8-16(2)14-23/h16H,4-15H2,1-3H3,(H2,20,21,22). The van der Waals surface area contributed by atoms with Gasteiger partial charge >= 0.3 is 0 Å². The molecule has 1 saturated heterocycles. The van der Waals surface area contributed by atoms with E-state index in [2.05, 4.69) is 29.5 Å². The van der Waals surface area contributed by atoms with E-state index in [1.54, 1.807) is 7.05 Å². The zero-order chi connectivity index (χ0) is 17.4. The highest BCUT2D eigenvalue weighted by Gasteiger charge is 2.31. The third kappa shape index (κ3) is 5.38. The summed E-state index contributed by atoms with van der Waals surface area (Å²) in [4.78, 5) is 18.6. The summed E-state index contributed by atoms with van der Waals surface area (Å²) < 4.78 is 0. The lowest BCUT2D eigenvalue weighted by molar-refractivity contribution is -0.132. The van der Waals surface area contributed by atoms with Crippen molar-refractivity contribution in [2.24, 2.45) is 16.3 Å². The number of amides is 1. The summed E-state index contributed by atoms with van der Waals surface area (Å²) in [5, 5.41) is 6.78. The van der Waals surface area contributed by atoms with Crippen LogP contribution < -0.4 is 10.6 Å². The molecular formula is C19H36N4O. The summed E-state index contributed by atoms with van der Waals surface area (Å²) in [5.74, 6) is 1.74. The Hall–Kier alpha value is -1.26. The van der Waals surface area contributed by atoms with E-state index in [-0.39, 0.29) is 5.91 Å². The Bertz CT molecular complexity index is 429. The third-order valence-electron chi connectivity index (χ3n) is 5.91. The number of guanidine groups is 1. The molecular weight excluding hydrogens is 300 g/mol. The molecule has 0 aromatic heterocycles. The van der Waals surface area contributed by atoms with Crippen LogP contribution in [0.2, 0.25) is 0 Å². The van der Waals surface area contributed by atoms with E-state index in [9.17, 15) is 4.79 Å². The van der Waals surface area contributed by atoms with Crippen molar-refractivity contribution in [1.82, 2.24) is 15.5 Å². The highest BCUT2D eigenvalue weighted by molar-refractivity contribution is 5.81. The summed E-state index contributed by atoms with van der Waals surface area (Å²) in [7, 11) is 1.80. The minimum absolute atomic E-state index is 0.269. The molecule has 2 fully saturated rings. The number of piperidine rings is 1. The number of nitrogens with one attached hydrogen (secondary N) is 2. The Kier molecular flexibility index (Phi) is 7.38. The maximum atomic E-state index is 12.3. The van der Waals surface area contributed by atoms with Crippen LogP contribution in [0.4, 0.5) is 0 Å². The van der Waals surface area contributed by atoms with Gasteiger partial charge in [0.1, 0.15) is 0 Å². The fourth-order valence-corrected chi connectivity index (χ4v) is 4.13. The number of rotatable bonds is 6. The first-order chi connectivity index (χ1) is 11.6. The summed E-state index contributed by atoms with van der Waals surface area (Å²) >= 11 is 0. The molecule has 0 spiro atoms. The van der Waals surface area contributed by atoms with E-state index in [4.69, 9.17) is 0 Å². The van der Waals surface area contributed by atoms with Gasteiger partial charge in [0.05, 0.1) is 0 Å². The molecule has 1 atom stereocenters. The van der Waals surface area contributed by atoms with Crippen LogP contribution in [0.15, 0.2) is 4.99 Å². The number of likely N-dealkylation sites (tertiary alicyclic amines) is 1. The molecule has 0 aromatic rings. The number of aliphatic imine (C=N–C) groups is 1. The van der Waals surface area contributed by atoms with Crippen molar-refractivity contribution in [3.63, 3.8) is 0 Å². The fourth-order valence-electron chi connectivity index (χ4n) is 4.13. The molecule has 2 N–H and O–H groups in total. The minimum atomic E-state index is 0.269. The monoisotopic (exact) mass is 336 g/mol. The molecule has 1 heterocycles. The summed E-state index contributed by atoms with van der Waals surface area (Å²) in [6, 6.07) is 0. The SMILES string of the molecule is CCC1(CNC(=NC)NCCC(=O)N2CCCC(C)C2)CCCC1. The van der Waals surface area contributed by atoms with Gasteiger partial charge in [-0.05, 0) is 43.4 Å². The normalized spacial score (nSPS) is 24.0. The van der Waals surface area contributed by atoms with E-state index in [1.807, 2.05) is 4.90 Å². The molecule has 0 radical (unpaired) electrons. The van der Waals surface area contributed by atoms with Crippen LogP contribution in [0.25, 0.3) is 0 Å². The second-order valence-electron chi connectivity index (χ2n) is 7.75. The number of carbonyl (C=O) groups excluding carboxylic acids is 1. The van der Waals surface area contributed by atoms with Crippen molar-refractivity contribution in [3.8, 4) is 0 Å². The molecule has 2 rings (SSSR count). The zero-order valence-corrected chi connectivity index (χ0v) is 15.9. The van der Waals surface area contributed by atoms with Gasteiger partial charge in [0.15, 0.2) is 5.96 Å². The third-order valence-corrected chi connectivity index (χ3v) is 5.91. The van der Waals surface area contributed by atoms with Crippen LogP contribution in [-0.2, 0) is 4.79 Å². The molecule has 1 amide bonds. The molecule has 0 bridgehead atoms. The lowest BCUT2D eigenvalue weighted by atomic mass is 9.83. The minimum Gasteiger partial charge on any atom is -0.356 e. The van der Waals surface area contributed by atoms with Crippen LogP contribution in [0, 0.1) is 11.3 Å². The van der Waals surface area contributed by atoms with Gasteiger partial charge in [-0.2, -0.15) is 0 Å². The highest BCUT2D eigenvalue weighted by Crippen LogP contribution is 2.40. The Morgan fingerprint density at radius 2 is 2.00 bits per heavy atom. The molecule has 1 saturated carbocycles. The first-order valence-corrected chi connectivity index (χ1v) is 9.81. The van der Waals surface area contributed by atoms with Gasteiger partial charge < -0.3 is 15.5 Å². The molecule has 0 aromatic carbocycles. The average Bonchev–Trinajstić information content (AvgIpc) is 3.07. The Morgan fingerprint density at radius 3 is 2.62 bits per heavy atom. The number of hydrogen-bond acceptors (Lipinski definition) is 2. The van der Waals surface area contributed by atoms with Crippen molar-refractivity contribution in [3.05, 3.63) is 0 Å². The van der Waals surface area contributed by atoms with Crippen LogP contribution in [0.3, 0.4) is 0 Å². The van der Waals surface area contributed by atoms with Crippen molar-refractivity contribution in [2.45, 2.75) is 65.2 Å². The summed E-state index contributed by atoms with van der Waals surface area (Å²) in [5.41, 5.74) is 0.442. The lowest BCUT2D eigenvalue weighted by Crippen LogP contribution is -2.45. The van der Waals surface area contributed by atoms with Gasteiger partial charge in [0, 0.05) is 39.6 Å². The molecule has 1 unspecified atom stereocenters. The van der Waals surface area contributed by atoms with Crippen molar-refractivity contribution in [1.29, 1.82) is 0 Å². The van der Waals surface area contributed by atoms with Crippen molar-refractivity contribution in [2.75, 3.05) is 33.2 Å². The number of carbonyl (C=O) groups is 1. The zero-order valence-electron chi connectivity index (χ0n) is 15.9. The number of hydrogen-bond donors (Lipinski definition) is 2. The van der Waals surface area contributed by atoms with E-state index in [0.717, 1.165) is 32.0 Å². The van der Waals surface area contributed by atoms with Gasteiger partial charge in [-0.1, -0.05) is 26.7 Å². The van der Waals surface area contributed by atoms with Gasteiger partial charge in [-0.25, -0.2) is 0 Å². The largest absolute Gasteiger partial charge is 0.356 e. The lowest BCUT2D eigenvalue weighted by Gasteiger charge is -2.31. The maximum absolute atomic E-state index is 12.3. The number of nitrogens with zero attached hydrogens (tertiary/aromatic N) is 2. The molecule has 1 aliphatic heterocycles. The Morgan fingerprint density at radius 1 is 1.25 bits per heavy atom. The molecule has 1 aliphatic carbocycles. The summed E-state index contributed by atoms with van der Waals surface area (Å²) in [6.45, 7) is 8.01. The van der Waals surface area contributed by atoms with E-state index < -0.39 is 0 Å². The van der Waals surface area contributed by atoms with Gasteiger partial charge in [-0.15, -0.1) is 0 Å². The van der Waals surface area contributed by atoms with Crippen LogP contribution >= 0.6 is 0 Å². The second-order valence-corrected chi connectivity index (χ2v) is 7.75. The van der Waals surface area contributed by atoms with Crippen molar-refractivity contribution >= 4 is 11.9 Å². The van der Waals surface area contributed by atoms with Gasteiger partial charge in [0.25, 0.3) is 0 Å². The second kappa shape index (κ2) is 9.28. The van der Waals surface area contributed by atoms with E-state index in [0.29, 0.717) is 24.3 Å². The molecule has 138 valence electrons. The average molecular weight is 337 g/mol. The predicted octanol–water partition coefficient (Wildman–Crippen LogP) is 2.77. The Balaban J connectivity index is 1.68. The first-order valence-electron chi connectivity index (χ1n) is 9.81. The first kappa shape index (κ1) is 19.1. The predicted molar refractivity (Wildman–Crippen MR) is 100 cm³/mol. The van der Waals surface area contributed by atoms with E-state index >= 15 is 0 Å². The van der Waals surface area contributed by atoms with Crippen LogP contribution in [0.5, 0.6) is 0 Å². The molecule has 5 nitrogen and oxygen atoms in total. The Labute approximate surface area is 147 Å². The smallest absolute Gasteiger partial charge is 0.224 e. The van der Waals surface area contributed by atoms with Gasteiger partial charge in [0.2, 0.25) is 5.91 Å². The molecule has 2 aliphatic rings. The van der Waals surface area contributed by atoms with Crippen LogP contribution in [0.1, 0.15) is 65.2 Å². The van der Waals surface area contributed by atoms with Crippen molar-refractivity contribution < 1.29 is 4.79 Å². The highest BCUT2D eigenvalue weighted by atomic mass is 16.2. The quantitative estimate of drug-likeness (QED) is 0.579. The van der Waals surface area contributed by atoms with E-state index in [1.165, 1.54) is 38.5 Å². The van der Waals surface area contributed by atoms with Crippen LogP contribution in [-0.4, -0.2) is 50.0 Å². The maximum Gasteiger partial charge on any atom is 0.224 e.